The Hall–Kier alpha value is -0.680. The number of aromatic nitrogens is 2. The van der Waals surface area contributed by atoms with Crippen molar-refractivity contribution in [2.75, 3.05) is 0 Å². The zero-order valence-corrected chi connectivity index (χ0v) is 11.3. The van der Waals surface area contributed by atoms with Gasteiger partial charge in [-0.3, -0.25) is 0 Å². The summed E-state index contributed by atoms with van der Waals surface area (Å²) in [5.74, 6) is 0.472. The fourth-order valence-electron chi connectivity index (χ4n) is 1.76. The molecule has 1 heterocycles. The second kappa shape index (κ2) is 4.90. The summed E-state index contributed by atoms with van der Waals surface area (Å²) in [6.45, 7) is 1.34. The van der Waals surface area contributed by atoms with Gasteiger partial charge in [-0.1, -0.05) is 15.9 Å². The number of nitrogens with zero attached hydrogens (tertiary/aromatic N) is 2. The maximum absolute atomic E-state index is 12.5. The summed E-state index contributed by atoms with van der Waals surface area (Å²) in [6, 6.07) is 5.35. The van der Waals surface area contributed by atoms with Crippen LogP contribution in [0.4, 0.5) is 8.78 Å². The fourth-order valence-corrected chi connectivity index (χ4v) is 2.27. The molecule has 0 spiro atoms. The van der Waals surface area contributed by atoms with Crippen molar-refractivity contribution in [1.29, 1.82) is 0 Å². The van der Waals surface area contributed by atoms with Crippen molar-refractivity contribution in [3.8, 4) is 0 Å². The van der Waals surface area contributed by atoms with Gasteiger partial charge in [-0.2, -0.15) is 0 Å². The quantitative estimate of drug-likeness (QED) is 0.767. The van der Waals surface area contributed by atoms with E-state index in [-0.39, 0.29) is 6.54 Å². The fraction of sp³-hybridized carbons (Fsp3) is 0.364. The minimum Gasteiger partial charge on any atom is -0.321 e. The Balaban J connectivity index is 2.62. The van der Waals surface area contributed by atoms with Crippen LogP contribution in [-0.4, -0.2) is 16.0 Å². The average Bonchev–Trinajstić information content (AvgIpc) is 2.55. The molecule has 1 aromatic heterocycles. The van der Waals surface area contributed by atoms with Crippen molar-refractivity contribution in [3.63, 3.8) is 0 Å². The van der Waals surface area contributed by atoms with Crippen molar-refractivity contribution in [2.45, 2.75) is 25.3 Å². The van der Waals surface area contributed by atoms with Crippen LogP contribution in [0.5, 0.6) is 0 Å². The van der Waals surface area contributed by atoms with Crippen LogP contribution in [-0.2, 0) is 6.54 Å². The third kappa shape index (κ3) is 2.60. The SMILES string of the molecule is CC(Cl)c1nc2cc(Br)ccc2n1CC(F)F. The van der Waals surface area contributed by atoms with Crippen molar-refractivity contribution in [3.05, 3.63) is 28.5 Å². The number of rotatable bonds is 3. The predicted octanol–water partition coefficient (Wildman–Crippen LogP) is 4.36. The van der Waals surface area contributed by atoms with E-state index in [0.717, 1.165) is 4.47 Å². The second-order valence-corrected chi connectivity index (χ2v) is 5.29. The summed E-state index contributed by atoms with van der Waals surface area (Å²) in [5.41, 5.74) is 1.35. The van der Waals surface area contributed by atoms with Crippen molar-refractivity contribution in [2.24, 2.45) is 0 Å². The highest BCUT2D eigenvalue weighted by Gasteiger charge is 2.17. The summed E-state index contributed by atoms with van der Waals surface area (Å²) < 4.78 is 27.4. The lowest BCUT2D eigenvalue weighted by atomic mass is 10.3. The topological polar surface area (TPSA) is 17.8 Å². The molecule has 0 aliphatic heterocycles. The molecule has 17 heavy (non-hydrogen) atoms. The molecule has 0 saturated heterocycles. The van der Waals surface area contributed by atoms with Crippen LogP contribution >= 0.6 is 27.5 Å². The number of fused-ring (bicyclic) bond motifs is 1. The van der Waals surface area contributed by atoms with Gasteiger partial charge >= 0.3 is 0 Å². The molecular formula is C11H10BrClF2N2. The van der Waals surface area contributed by atoms with E-state index in [9.17, 15) is 8.78 Å². The maximum Gasteiger partial charge on any atom is 0.256 e. The molecule has 1 unspecified atom stereocenters. The van der Waals surface area contributed by atoms with Crippen LogP contribution < -0.4 is 0 Å². The number of imidazole rings is 1. The molecule has 92 valence electrons. The molecule has 1 atom stereocenters. The van der Waals surface area contributed by atoms with Crippen LogP contribution in [0, 0.1) is 0 Å². The highest BCUT2D eigenvalue weighted by atomic mass is 79.9. The highest BCUT2D eigenvalue weighted by Crippen LogP contribution is 2.27. The van der Waals surface area contributed by atoms with Gasteiger partial charge in [0.2, 0.25) is 0 Å². The van der Waals surface area contributed by atoms with E-state index in [1.54, 1.807) is 25.1 Å². The Morgan fingerprint density at radius 2 is 2.18 bits per heavy atom. The van der Waals surface area contributed by atoms with E-state index in [4.69, 9.17) is 11.6 Å². The summed E-state index contributed by atoms with van der Waals surface area (Å²) in [7, 11) is 0. The van der Waals surface area contributed by atoms with Gasteiger partial charge in [0, 0.05) is 4.47 Å². The molecule has 2 nitrogen and oxygen atoms in total. The Bertz CT molecular complexity index is 539. The van der Waals surface area contributed by atoms with Gasteiger partial charge in [0.05, 0.1) is 23.0 Å². The Kier molecular flexibility index (Phi) is 3.68. The normalized spacial score (nSPS) is 13.5. The van der Waals surface area contributed by atoms with Crippen LogP contribution in [0.3, 0.4) is 0 Å². The first-order chi connectivity index (χ1) is 7.99. The molecule has 0 radical (unpaired) electrons. The maximum atomic E-state index is 12.5. The van der Waals surface area contributed by atoms with Crippen molar-refractivity contribution < 1.29 is 8.78 Å². The van der Waals surface area contributed by atoms with Gasteiger partial charge in [0.1, 0.15) is 5.82 Å². The molecule has 0 saturated carbocycles. The molecular weight excluding hydrogens is 313 g/mol. The standard InChI is InChI=1S/C11H10BrClF2N2/c1-6(13)11-16-8-4-7(12)2-3-9(8)17(11)5-10(14)15/h2-4,6,10H,5H2,1H3. The van der Waals surface area contributed by atoms with Gasteiger partial charge in [-0.25, -0.2) is 13.8 Å². The first-order valence-electron chi connectivity index (χ1n) is 5.07. The molecule has 0 aliphatic carbocycles. The summed E-state index contributed by atoms with van der Waals surface area (Å²) >= 11 is 9.29. The number of halogens is 4. The number of benzene rings is 1. The first-order valence-corrected chi connectivity index (χ1v) is 6.30. The van der Waals surface area contributed by atoms with E-state index in [0.29, 0.717) is 16.9 Å². The predicted molar refractivity (Wildman–Crippen MR) is 67.7 cm³/mol. The molecule has 0 bridgehead atoms. The number of hydrogen-bond donors (Lipinski definition) is 0. The van der Waals surface area contributed by atoms with Crippen LogP contribution in [0.2, 0.25) is 0 Å². The van der Waals surface area contributed by atoms with Crippen LogP contribution in [0.25, 0.3) is 11.0 Å². The molecule has 6 heteroatoms. The largest absolute Gasteiger partial charge is 0.321 e. The highest BCUT2D eigenvalue weighted by molar-refractivity contribution is 9.10. The van der Waals surface area contributed by atoms with Crippen LogP contribution in [0.1, 0.15) is 18.1 Å². The number of hydrogen-bond acceptors (Lipinski definition) is 1. The molecule has 0 aliphatic rings. The van der Waals surface area contributed by atoms with E-state index in [2.05, 4.69) is 20.9 Å². The molecule has 2 aromatic rings. The zero-order chi connectivity index (χ0) is 12.6. The van der Waals surface area contributed by atoms with Gasteiger partial charge in [-0.15, -0.1) is 11.6 Å². The van der Waals surface area contributed by atoms with Crippen molar-refractivity contribution >= 4 is 38.6 Å². The van der Waals surface area contributed by atoms with E-state index >= 15 is 0 Å². The first kappa shape index (κ1) is 12.8. The van der Waals surface area contributed by atoms with Crippen molar-refractivity contribution in [1.82, 2.24) is 9.55 Å². The van der Waals surface area contributed by atoms with Gasteiger partial charge in [0.25, 0.3) is 6.43 Å². The van der Waals surface area contributed by atoms with E-state index < -0.39 is 11.8 Å². The van der Waals surface area contributed by atoms with Crippen LogP contribution in [0.15, 0.2) is 22.7 Å². The monoisotopic (exact) mass is 322 g/mol. The summed E-state index contributed by atoms with van der Waals surface area (Å²) in [4.78, 5) is 4.29. The minimum absolute atomic E-state index is 0.384. The Labute approximate surface area is 111 Å². The molecule has 2 rings (SSSR count). The molecule has 0 amide bonds. The molecule has 0 N–H and O–H groups in total. The number of alkyl halides is 3. The average molecular weight is 324 g/mol. The lowest BCUT2D eigenvalue weighted by molar-refractivity contribution is 0.127. The summed E-state index contributed by atoms with van der Waals surface area (Å²) in [6.07, 6.45) is -2.43. The van der Waals surface area contributed by atoms with E-state index in [1.807, 2.05) is 0 Å². The lowest BCUT2D eigenvalue weighted by Crippen LogP contribution is -2.10. The molecule has 0 fully saturated rings. The smallest absolute Gasteiger partial charge is 0.256 e. The zero-order valence-electron chi connectivity index (χ0n) is 9.00. The third-order valence-electron chi connectivity index (χ3n) is 2.42. The Morgan fingerprint density at radius 3 is 2.76 bits per heavy atom. The third-order valence-corrected chi connectivity index (χ3v) is 3.10. The van der Waals surface area contributed by atoms with E-state index in [1.165, 1.54) is 4.57 Å². The Morgan fingerprint density at radius 1 is 1.47 bits per heavy atom. The second-order valence-electron chi connectivity index (χ2n) is 3.72. The van der Waals surface area contributed by atoms with Gasteiger partial charge < -0.3 is 4.57 Å². The summed E-state index contributed by atoms with van der Waals surface area (Å²) in [5, 5.41) is -0.403. The van der Waals surface area contributed by atoms with Gasteiger partial charge in [-0.05, 0) is 25.1 Å². The lowest BCUT2D eigenvalue weighted by Gasteiger charge is -2.09. The minimum atomic E-state index is -2.43. The molecule has 1 aromatic carbocycles. The van der Waals surface area contributed by atoms with Gasteiger partial charge in [0.15, 0.2) is 0 Å².